The maximum absolute atomic E-state index is 13.2. The highest BCUT2D eigenvalue weighted by Gasteiger charge is 2.18. The topological polar surface area (TPSA) is 100 Å². The van der Waals surface area contributed by atoms with Gasteiger partial charge in [-0.2, -0.15) is 11.3 Å². The van der Waals surface area contributed by atoms with E-state index in [4.69, 9.17) is 0 Å². The van der Waals surface area contributed by atoms with Gasteiger partial charge in [0.05, 0.1) is 10.9 Å². The minimum absolute atomic E-state index is 0.122. The normalized spacial score (nSPS) is 12.0. The fourth-order valence-corrected chi connectivity index (χ4v) is 5.42. The fourth-order valence-electron chi connectivity index (χ4n) is 3.19. The molecule has 3 amide bonds. The summed E-state index contributed by atoms with van der Waals surface area (Å²) in [4.78, 5) is 43.6. The Balaban J connectivity index is 1.44. The molecular weight excluding hydrogens is 525 g/mol. The Morgan fingerprint density at radius 1 is 1.00 bits per heavy atom. The highest BCUT2D eigenvalue weighted by atomic mass is 32.2. The molecule has 3 N–H and O–H groups in total. The Labute approximate surface area is 227 Å². The smallest absolute Gasteiger partial charge is 0.272 e. The summed E-state index contributed by atoms with van der Waals surface area (Å²) in [7, 11) is 0. The van der Waals surface area contributed by atoms with Crippen LogP contribution in [0, 0.1) is 6.92 Å². The average Bonchev–Trinajstić information content (AvgIpc) is 3.55. The molecule has 7 nitrogen and oxygen atoms in total. The monoisotopic (exact) mass is 548 g/mol. The van der Waals surface area contributed by atoms with E-state index >= 15 is 0 Å². The number of anilines is 2. The SMILES string of the molecule is Cc1csc(NC(=O)C(C)Sc2cccc(NC(=O)/C(=C/c3ccsc3)NC(=O)c3ccccc3)c2)n1. The average molecular weight is 549 g/mol. The number of thiazole rings is 1. The van der Waals surface area contributed by atoms with Crippen LogP contribution in [0.5, 0.6) is 0 Å². The molecule has 0 aliphatic heterocycles. The van der Waals surface area contributed by atoms with Gasteiger partial charge in [-0.1, -0.05) is 24.3 Å². The number of carbonyl (C=O) groups is 3. The van der Waals surface area contributed by atoms with Gasteiger partial charge in [-0.3, -0.25) is 14.4 Å². The van der Waals surface area contributed by atoms with Crippen LogP contribution >= 0.6 is 34.4 Å². The zero-order valence-electron chi connectivity index (χ0n) is 20.1. The second-order valence-corrected chi connectivity index (χ2v) is 11.0. The molecule has 1 unspecified atom stereocenters. The predicted molar refractivity (Wildman–Crippen MR) is 152 cm³/mol. The molecule has 0 bridgehead atoms. The summed E-state index contributed by atoms with van der Waals surface area (Å²) < 4.78 is 0. The van der Waals surface area contributed by atoms with Crippen LogP contribution in [0.25, 0.3) is 6.08 Å². The van der Waals surface area contributed by atoms with Crippen LogP contribution in [-0.4, -0.2) is 28.0 Å². The van der Waals surface area contributed by atoms with Crippen LogP contribution < -0.4 is 16.0 Å². The lowest BCUT2D eigenvalue weighted by Crippen LogP contribution is -2.30. The lowest BCUT2D eigenvalue weighted by molar-refractivity contribution is -0.115. The van der Waals surface area contributed by atoms with Gasteiger partial charge in [-0.25, -0.2) is 4.98 Å². The van der Waals surface area contributed by atoms with Crippen LogP contribution in [-0.2, 0) is 9.59 Å². The zero-order valence-corrected chi connectivity index (χ0v) is 22.5. The predicted octanol–water partition coefficient (Wildman–Crippen LogP) is 6.04. The number of thioether (sulfide) groups is 1. The van der Waals surface area contributed by atoms with Crippen LogP contribution in [0.2, 0.25) is 0 Å². The van der Waals surface area contributed by atoms with Gasteiger partial charge in [-0.05, 0) is 72.6 Å². The summed E-state index contributed by atoms with van der Waals surface area (Å²) in [6, 6.07) is 17.8. The molecule has 2 heterocycles. The molecule has 0 saturated heterocycles. The number of carbonyl (C=O) groups excluding carboxylic acids is 3. The highest BCUT2D eigenvalue weighted by molar-refractivity contribution is 8.00. The molecule has 37 heavy (non-hydrogen) atoms. The van der Waals surface area contributed by atoms with Crippen molar-refractivity contribution in [3.63, 3.8) is 0 Å². The van der Waals surface area contributed by atoms with Gasteiger partial charge in [0.1, 0.15) is 5.70 Å². The van der Waals surface area contributed by atoms with Gasteiger partial charge < -0.3 is 16.0 Å². The van der Waals surface area contributed by atoms with Crippen LogP contribution in [0.3, 0.4) is 0 Å². The van der Waals surface area contributed by atoms with Crippen molar-refractivity contribution in [2.24, 2.45) is 0 Å². The van der Waals surface area contributed by atoms with Gasteiger partial charge in [0.2, 0.25) is 5.91 Å². The standard InChI is InChI=1S/C27H24N4O3S3/c1-17-15-36-27(28-17)31-24(32)18(2)37-22-10-6-9-21(14-22)29-26(34)23(13-19-11-12-35-16-19)30-25(33)20-7-4-3-5-8-20/h3-16,18H,1-2H3,(H,29,34)(H,30,33)(H,28,31,32)/b23-13-. The molecule has 0 radical (unpaired) electrons. The van der Waals surface area contributed by atoms with Crippen molar-refractivity contribution in [2.45, 2.75) is 24.0 Å². The summed E-state index contributed by atoms with van der Waals surface area (Å²) in [6.07, 6.45) is 1.64. The van der Waals surface area contributed by atoms with Crippen molar-refractivity contribution in [3.8, 4) is 0 Å². The van der Waals surface area contributed by atoms with Crippen LogP contribution in [0.15, 0.2) is 87.4 Å². The van der Waals surface area contributed by atoms with E-state index in [2.05, 4.69) is 20.9 Å². The van der Waals surface area contributed by atoms with Crippen molar-refractivity contribution < 1.29 is 14.4 Å². The number of amides is 3. The summed E-state index contributed by atoms with van der Waals surface area (Å²) in [5.41, 5.74) is 2.78. The Morgan fingerprint density at radius 3 is 2.51 bits per heavy atom. The van der Waals surface area contributed by atoms with E-state index in [9.17, 15) is 14.4 Å². The third kappa shape index (κ3) is 7.63. The lowest BCUT2D eigenvalue weighted by atomic mass is 10.2. The number of hydrogen-bond acceptors (Lipinski definition) is 7. The minimum Gasteiger partial charge on any atom is -0.321 e. The molecule has 4 aromatic rings. The second kappa shape index (κ2) is 12.5. The largest absolute Gasteiger partial charge is 0.321 e. The first-order valence-corrected chi connectivity index (χ1v) is 14.0. The number of hydrogen-bond donors (Lipinski definition) is 3. The summed E-state index contributed by atoms with van der Waals surface area (Å²) >= 11 is 4.25. The number of aromatic nitrogens is 1. The number of benzene rings is 2. The summed E-state index contributed by atoms with van der Waals surface area (Å²) in [6.45, 7) is 3.69. The molecule has 0 aliphatic rings. The van der Waals surface area contributed by atoms with Gasteiger partial charge >= 0.3 is 0 Å². The van der Waals surface area contributed by atoms with Crippen molar-refractivity contribution in [1.29, 1.82) is 0 Å². The van der Waals surface area contributed by atoms with Crippen molar-refractivity contribution >= 4 is 69.1 Å². The van der Waals surface area contributed by atoms with E-state index < -0.39 is 5.91 Å². The number of thiophene rings is 1. The maximum atomic E-state index is 13.2. The molecule has 1 atom stereocenters. The van der Waals surface area contributed by atoms with Gasteiger partial charge in [-0.15, -0.1) is 23.1 Å². The maximum Gasteiger partial charge on any atom is 0.272 e. The summed E-state index contributed by atoms with van der Waals surface area (Å²) in [5.74, 6) is -0.988. The Kier molecular flexibility index (Phi) is 8.89. The molecule has 10 heteroatoms. The second-order valence-electron chi connectivity index (χ2n) is 7.96. The number of aryl methyl sites for hydroxylation is 1. The first-order valence-electron chi connectivity index (χ1n) is 11.3. The molecule has 0 saturated carbocycles. The Morgan fingerprint density at radius 2 is 1.81 bits per heavy atom. The number of nitrogens with one attached hydrogen (secondary N) is 3. The minimum atomic E-state index is -0.456. The van der Waals surface area contributed by atoms with Gasteiger partial charge in [0.15, 0.2) is 5.13 Å². The molecule has 4 rings (SSSR count). The first-order chi connectivity index (χ1) is 17.9. The van der Waals surface area contributed by atoms with Gasteiger partial charge in [0, 0.05) is 21.5 Å². The van der Waals surface area contributed by atoms with E-state index in [1.807, 2.05) is 48.2 Å². The summed E-state index contributed by atoms with van der Waals surface area (Å²) in [5, 5.41) is 14.3. The highest BCUT2D eigenvalue weighted by Crippen LogP contribution is 2.27. The van der Waals surface area contributed by atoms with Crippen molar-refractivity contribution in [3.05, 3.63) is 99.3 Å². The molecule has 0 spiro atoms. The molecule has 2 aromatic heterocycles. The third-order valence-electron chi connectivity index (χ3n) is 5.01. The Hall–Kier alpha value is -3.73. The molecular formula is C27H24N4O3S3. The van der Waals surface area contributed by atoms with E-state index in [1.54, 1.807) is 48.5 Å². The molecule has 0 aliphatic carbocycles. The Bertz CT molecular complexity index is 1420. The molecule has 0 fully saturated rings. The zero-order chi connectivity index (χ0) is 26.2. The third-order valence-corrected chi connectivity index (χ3v) is 7.68. The number of nitrogens with zero attached hydrogens (tertiary/aromatic N) is 1. The van der Waals surface area contributed by atoms with E-state index in [0.717, 1.165) is 16.2 Å². The van der Waals surface area contributed by atoms with Crippen molar-refractivity contribution in [1.82, 2.24) is 10.3 Å². The quantitative estimate of drug-likeness (QED) is 0.175. The van der Waals surface area contributed by atoms with E-state index in [0.29, 0.717) is 16.4 Å². The van der Waals surface area contributed by atoms with E-state index in [-0.39, 0.29) is 22.8 Å². The lowest BCUT2D eigenvalue weighted by Gasteiger charge is -2.13. The van der Waals surface area contributed by atoms with Gasteiger partial charge in [0.25, 0.3) is 11.8 Å². The number of rotatable bonds is 9. The van der Waals surface area contributed by atoms with Crippen LogP contribution in [0.4, 0.5) is 10.8 Å². The first kappa shape index (κ1) is 26.3. The molecule has 188 valence electrons. The van der Waals surface area contributed by atoms with Crippen LogP contribution in [0.1, 0.15) is 28.5 Å². The van der Waals surface area contributed by atoms with E-state index in [1.165, 1.54) is 34.4 Å². The van der Waals surface area contributed by atoms with Crippen molar-refractivity contribution in [2.75, 3.05) is 10.6 Å². The fraction of sp³-hybridized carbons (Fsp3) is 0.111. The molecule has 2 aromatic carbocycles.